The van der Waals surface area contributed by atoms with E-state index in [2.05, 4.69) is 5.32 Å². The first kappa shape index (κ1) is 19.1. The Morgan fingerprint density at radius 2 is 1.59 bits per heavy atom. The molecule has 6 nitrogen and oxygen atoms in total. The molecule has 8 heteroatoms. The summed E-state index contributed by atoms with van der Waals surface area (Å²) in [6.45, 7) is 0.0103. The first-order chi connectivity index (χ1) is 13.8. The van der Waals surface area contributed by atoms with Gasteiger partial charge in [-0.15, -0.1) is 0 Å². The van der Waals surface area contributed by atoms with Crippen LogP contribution in [-0.2, 0) is 14.9 Å². The molecule has 3 aromatic rings. The van der Waals surface area contributed by atoms with E-state index in [-0.39, 0.29) is 12.5 Å². The fourth-order valence-electron chi connectivity index (χ4n) is 3.57. The first-order valence-electron chi connectivity index (χ1n) is 8.73. The number of anilines is 1. The highest BCUT2D eigenvalue weighted by molar-refractivity contribution is 7.86. The Balaban J connectivity index is 1.54. The van der Waals surface area contributed by atoms with Crippen molar-refractivity contribution < 1.29 is 26.9 Å². The van der Waals surface area contributed by atoms with Crippen LogP contribution >= 0.6 is 0 Å². The van der Waals surface area contributed by atoms with Gasteiger partial charge in [-0.25, -0.2) is 9.18 Å². The molecular formula is C21H16FNO5S. The summed E-state index contributed by atoms with van der Waals surface area (Å²) in [4.78, 5) is 11.6. The molecule has 0 bridgehead atoms. The summed E-state index contributed by atoms with van der Waals surface area (Å²) in [6, 6.07) is 18.1. The second kappa shape index (κ2) is 7.31. The van der Waals surface area contributed by atoms with Gasteiger partial charge in [0.05, 0.1) is 5.69 Å². The van der Waals surface area contributed by atoms with Gasteiger partial charge in [0.1, 0.15) is 17.3 Å². The van der Waals surface area contributed by atoms with Gasteiger partial charge in [-0.1, -0.05) is 48.5 Å². The first-order valence-corrected chi connectivity index (χ1v) is 10.2. The molecule has 1 aliphatic rings. The number of rotatable bonds is 4. The van der Waals surface area contributed by atoms with Crippen molar-refractivity contribution in [3.05, 3.63) is 83.7 Å². The Morgan fingerprint density at radius 1 is 1.00 bits per heavy atom. The normalized spacial score (nSPS) is 12.9. The van der Waals surface area contributed by atoms with Crippen molar-refractivity contribution in [2.75, 3.05) is 11.9 Å². The fourth-order valence-corrected chi connectivity index (χ4v) is 4.20. The Kier molecular flexibility index (Phi) is 4.81. The minimum Gasteiger partial charge on any atom is -0.448 e. The molecule has 1 aliphatic carbocycles. The summed E-state index contributed by atoms with van der Waals surface area (Å²) in [7, 11) is -4.64. The lowest BCUT2D eigenvalue weighted by Crippen LogP contribution is -2.19. The van der Waals surface area contributed by atoms with Crippen molar-refractivity contribution in [2.45, 2.75) is 10.8 Å². The number of hydrogen-bond donors (Lipinski definition) is 2. The maximum absolute atomic E-state index is 13.5. The SMILES string of the molecule is O=C(Nc1cc(F)ccc1S(=O)(=O)O)OCC1c2ccccc2-c2ccccc21. The van der Waals surface area contributed by atoms with Gasteiger partial charge in [-0.05, 0) is 40.5 Å². The van der Waals surface area contributed by atoms with Crippen LogP contribution in [0, 0.1) is 5.82 Å². The van der Waals surface area contributed by atoms with Crippen LogP contribution in [0.1, 0.15) is 17.0 Å². The van der Waals surface area contributed by atoms with Crippen molar-refractivity contribution in [3.8, 4) is 11.1 Å². The topological polar surface area (TPSA) is 92.7 Å². The van der Waals surface area contributed by atoms with Crippen molar-refractivity contribution in [2.24, 2.45) is 0 Å². The lowest BCUT2D eigenvalue weighted by atomic mass is 9.98. The average Bonchev–Trinajstić information content (AvgIpc) is 2.99. The van der Waals surface area contributed by atoms with E-state index in [1.807, 2.05) is 48.5 Å². The lowest BCUT2D eigenvalue weighted by Gasteiger charge is -2.15. The predicted octanol–water partition coefficient (Wildman–Crippen LogP) is 4.43. The second-order valence-electron chi connectivity index (χ2n) is 6.57. The number of halogens is 1. The molecule has 0 heterocycles. The number of hydrogen-bond acceptors (Lipinski definition) is 4. The lowest BCUT2D eigenvalue weighted by molar-refractivity contribution is 0.158. The smallest absolute Gasteiger partial charge is 0.411 e. The molecule has 0 saturated carbocycles. The standard InChI is InChI=1S/C21H16FNO5S/c22-13-9-10-20(29(25,26)27)19(11-13)23-21(24)28-12-18-16-7-3-1-5-14(16)15-6-2-4-8-17(15)18/h1-11,18H,12H2,(H,23,24)(H,25,26,27). The van der Waals surface area contributed by atoms with Gasteiger partial charge in [0.25, 0.3) is 10.1 Å². The van der Waals surface area contributed by atoms with E-state index in [0.29, 0.717) is 0 Å². The zero-order valence-electron chi connectivity index (χ0n) is 15.0. The highest BCUT2D eigenvalue weighted by Gasteiger charge is 2.29. The molecular weight excluding hydrogens is 397 g/mol. The van der Waals surface area contributed by atoms with Gasteiger partial charge in [-0.3, -0.25) is 9.87 Å². The van der Waals surface area contributed by atoms with Crippen LogP contribution < -0.4 is 5.32 Å². The zero-order chi connectivity index (χ0) is 20.6. The molecule has 0 aliphatic heterocycles. The van der Waals surface area contributed by atoms with E-state index >= 15 is 0 Å². The number of ether oxygens (including phenoxy) is 1. The van der Waals surface area contributed by atoms with Crippen LogP contribution in [0.3, 0.4) is 0 Å². The quantitative estimate of drug-likeness (QED) is 0.617. The zero-order valence-corrected chi connectivity index (χ0v) is 15.8. The summed E-state index contributed by atoms with van der Waals surface area (Å²) in [6.07, 6.45) is -0.956. The molecule has 4 rings (SSSR count). The molecule has 148 valence electrons. The molecule has 0 radical (unpaired) electrons. The van der Waals surface area contributed by atoms with Crippen molar-refractivity contribution in [1.29, 1.82) is 0 Å². The number of carbonyl (C=O) groups is 1. The average molecular weight is 413 g/mol. The molecule has 0 atom stereocenters. The third-order valence-electron chi connectivity index (χ3n) is 4.80. The van der Waals surface area contributed by atoms with E-state index in [9.17, 15) is 22.2 Å². The largest absolute Gasteiger partial charge is 0.448 e. The van der Waals surface area contributed by atoms with E-state index in [1.54, 1.807) is 0 Å². The Morgan fingerprint density at radius 3 is 2.17 bits per heavy atom. The van der Waals surface area contributed by atoms with Crippen LogP contribution in [0.25, 0.3) is 11.1 Å². The van der Waals surface area contributed by atoms with Crippen molar-refractivity contribution in [1.82, 2.24) is 0 Å². The summed E-state index contributed by atoms with van der Waals surface area (Å²) in [5, 5.41) is 2.19. The third-order valence-corrected chi connectivity index (χ3v) is 5.71. The van der Waals surface area contributed by atoms with Crippen LogP contribution in [0.5, 0.6) is 0 Å². The number of amides is 1. The van der Waals surface area contributed by atoms with E-state index < -0.39 is 32.6 Å². The molecule has 0 saturated heterocycles. The summed E-state index contributed by atoms with van der Waals surface area (Å²) >= 11 is 0. The number of nitrogens with one attached hydrogen (secondary N) is 1. The summed E-state index contributed by atoms with van der Waals surface area (Å²) in [5.41, 5.74) is 3.77. The molecule has 0 aromatic heterocycles. The highest BCUT2D eigenvalue weighted by atomic mass is 32.2. The molecule has 0 fully saturated rings. The Hall–Kier alpha value is -3.23. The molecule has 0 spiro atoms. The summed E-state index contributed by atoms with van der Waals surface area (Å²) < 4.78 is 50.9. The van der Waals surface area contributed by atoms with E-state index in [1.165, 1.54) is 0 Å². The molecule has 29 heavy (non-hydrogen) atoms. The maximum Gasteiger partial charge on any atom is 0.411 e. The Bertz CT molecular complexity index is 1160. The van der Waals surface area contributed by atoms with E-state index in [4.69, 9.17) is 4.74 Å². The highest BCUT2D eigenvalue weighted by Crippen LogP contribution is 2.44. The number of benzene rings is 3. The Labute approximate surface area is 166 Å². The van der Waals surface area contributed by atoms with Gasteiger partial charge < -0.3 is 4.74 Å². The second-order valence-corrected chi connectivity index (χ2v) is 7.96. The van der Waals surface area contributed by atoms with Gasteiger partial charge >= 0.3 is 6.09 Å². The summed E-state index contributed by atoms with van der Waals surface area (Å²) in [5.74, 6) is -0.951. The van der Waals surface area contributed by atoms with E-state index in [0.717, 1.165) is 40.5 Å². The van der Waals surface area contributed by atoms with Gasteiger partial charge in [0.15, 0.2) is 0 Å². The predicted molar refractivity (Wildman–Crippen MR) is 105 cm³/mol. The monoisotopic (exact) mass is 413 g/mol. The fraction of sp³-hybridized carbons (Fsp3) is 0.0952. The number of carbonyl (C=O) groups excluding carboxylic acids is 1. The van der Waals surface area contributed by atoms with Crippen LogP contribution in [0.2, 0.25) is 0 Å². The molecule has 2 N–H and O–H groups in total. The molecule has 3 aromatic carbocycles. The van der Waals surface area contributed by atoms with Crippen LogP contribution in [0.15, 0.2) is 71.6 Å². The maximum atomic E-state index is 13.5. The molecule has 1 amide bonds. The number of fused-ring (bicyclic) bond motifs is 3. The van der Waals surface area contributed by atoms with Crippen molar-refractivity contribution in [3.63, 3.8) is 0 Å². The third kappa shape index (κ3) is 3.72. The molecule has 0 unspecified atom stereocenters. The van der Waals surface area contributed by atoms with Gasteiger partial charge in [0, 0.05) is 5.92 Å². The van der Waals surface area contributed by atoms with Gasteiger partial charge in [0.2, 0.25) is 0 Å². The minimum atomic E-state index is -4.64. The van der Waals surface area contributed by atoms with Crippen LogP contribution in [-0.4, -0.2) is 25.7 Å². The van der Waals surface area contributed by atoms with Gasteiger partial charge in [-0.2, -0.15) is 8.42 Å². The van der Waals surface area contributed by atoms with Crippen molar-refractivity contribution >= 4 is 21.9 Å². The van der Waals surface area contributed by atoms with Crippen LogP contribution in [0.4, 0.5) is 14.9 Å². The minimum absolute atomic E-state index is 0.0103.